The first-order chi connectivity index (χ1) is 11.6. The Bertz CT molecular complexity index is 760. The summed E-state index contributed by atoms with van der Waals surface area (Å²) in [6.45, 7) is 2.30. The molecule has 0 atom stereocenters. The van der Waals surface area contributed by atoms with E-state index in [0.29, 0.717) is 25.6 Å². The van der Waals surface area contributed by atoms with Crippen LogP contribution in [0.25, 0.3) is 10.9 Å². The van der Waals surface area contributed by atoms with Crippen molar-refractivity contribution in [1.82, 2.24) is 9.47 Å². The SMILES string of the molecule is COCCn1ccc2ccc(NC(=O)N3CC(O)(C4CC4)C3)cc21. The number of carbonyl (C=O) groups excluding carboxylic acids is 1. The Hall–Kier alpha value is -2.05. The third-order valence-corrected chi connectivity index (χ3v) is 5.12. The minimum atomic E-state index is -0.643. The fraction of sp³-hybridized carbons (Fsp3) is 0.500. The van der Waals surface area contributed by atoms with Gasteiger partial charge in [0.15, 0.2) is 0 Å². The number of ether oxygens (including phenoxy) is 1. The Kier molecular flexibility index (Phi) is 3.73. The Morgan fingerprint density at radius 3 is 2.88 bits per heavy atom. The standard InChI is InChI=1S/C18H23N3O3/c1-24-9-8-20-7-6-13-2-5-15(10-16(13)20)19-17(22)21-11-18(23,12-21)14-3-4-14/h2,5-7,10,14,23H,3-4,8-9,11-12H2,1H3,(H,19,22). The van der Waals surface area contributed by atoms with Crippen molar-refractivity contribution in [3.05, 3.63) is 30.5 Å². The van der Waals surface area contributed by atoms with Crippen LogP contribution in [-0.2, 0) is 11.3 Å². The predicted octanol–water partition coefficient (Wildman–Crippen LogP) is 2.28. The van der Waals surface area contributed by atoms with E-state index in [4.69, 9.17) is 4.74 Å². The lowest BCUT2D eigenvalue weighted by Gasteiger charge is -2.46. The smallest absolute Gasteiger partial charge is 0.322 e. The molecule has 0 spiro atoms. The first-order valence-electron chi connectivity index (χ1n) is 8.45. The highest BCUT2D eigenvalue weighted by atomic mass is 16.5. The van der Waals surface area contributed by atoms with E-state index in [2.05, 4.69) is 16.0 Å². The number of nitrogens with one attached hydrogen (secondary N) is 1. The molecular formula is C18H23N3O3. The van der Waals surface area contributed by atoms with Crippen molar-refractivity contribution < 1.29 is 14.6 Å². The Labute approximate surface area is 141 Å². The molecule has 2 N–H and O–H groups in total. The summed E-state index contributed by atoms with van der Waals surface area (Å²) in [7, 11) is 1.69. The predicted molar refractivity (Wildman–Crippen MR) is 92.1 cm³/mol. The molecule has 2 fully saturated rings. The molecule has 0 radical (unpaired) electrons. The molecule has 0 unspecified atom stereocenters. The summed E-state index contributed by atoms with van der Waals surface area (Å²) in [6, 6.07) is 7.81. The van der Waals surface area contributed by atoms with Crippen LogP contribution in [-0.4, -0.2) is 53.0 Å². The van der Waals surface area contributed by atoms with Gasteiger partial charge in [-0.15, -0.1) is 0 Å². The number of anilines is 1. The number of hydrogen-bond donors (Lipinski definition) is 2. The lowest BCUT2D eigenvalue weighted by Crippen LogP contribution is -2.65. The van der Waals surface area contributed by atoms with Gasteiger partial charge in [0, 0.05) is 25.5 Å². The zero-order valence-electron chi connectivity index (χ0n) is 13.9. The van der Waals surface area contributed by atoms with Crippen LogP contribution < -0.4 is 5.32 Å². The topological polar surface area (TPSA) is 66.7 Å². The third-order valence-electron chi connectivity index (χ3n) is 5.12. The van der Waals surface area contributed by atoms with Gasteiger partial charge in [0.25, 0.3) is 0 Å². The summed E-state index contributed by atoms with van der Waals surface area (Å²) < 4.78 is 7.25. The molecule has 6 heteroatoms. The molecule has 128 valence electrons. The largest absolute Gasteiger partial charge is 0.386 e. The van der Waals surface area contributed by atoms with Crippen molar-refractivity contribution in [3.63, 3.8) is 0 Å². The molecule has 0 bridgehead atoms. The van der Waals surface area contributed by atoms with Gasteiger partial charge in [-0.25, -0.2) is 4.79 Å². The number of methoxy groups -OCH3 is 1. The van der Waals surface area contributed by atoms with E-state index >= 15 is 0 Å². The lowest BCUT2D eigenvalue weighted by molar-refractivity contribution is -0.0897. The average Bonchev–Trinajstić information content (AvgIpc) is 3.32. The Morgan fingerprint density at radius 1 is 1.38 bits per heavy atom. The molecule has 6 nitrogen and oxygen atoms in total. The molecule has 2 amide bonds. The van der Waals surface area contributed by atoms with E-state index in [9.17, 15) is 9.90 Å². The summed E-state index contributed by atoms with van der Waals surface area (Å²) in [5, 5.41) is 14.4. The highest BCUT2D eigenvalue weighted by Crippen LogP contribution is 2.44. The number of aromatic nitrogens is 1. The van der Waals surface area contributed by atoms with Gasteiger partial charge in [0.1, 0.15) is 5.60 Å². The maximum absolute atomic E-state index is 12.3. The lowest BCUT2D eigenvalue weighted by atomic mass is 9.89. The molecule has 1 aromatic heterocycles. The van der Waals surface area contributed by atoms with Crippen LogP contribution in [0.2, 0.25) is 0 Å². The van der Waals surface area contributed by atoms with Crippen molar-refractivity contribution in [3.8, 4) is 0 Å². The molecule has 1 aromatic carbocycles. The molecule has 1 saturated heterocycles. The number of likely N-dealkylation sites (tertiary alicyclic amines) is 1. The van der Waals surface area contributed by atoms with Gasteiger partial charge < -0.3 is 24.6 Å². The summed E-state index contributed by atoms with van der Waals surface area (Å²) in [5.74, 6) is 0.391. The molecule has 1 aliphatic heterocycles. The van der Waals surface area contributed by atoms with Crippen molar-refractivity contribution in [1.29, 1.82) is 0 Å². The van der Waals surface area contributed by atoms with Crippen LogP contribution in [0.3, 0.4) is 0 Å². The minimum absolute atomic E-state index is 0.144. The maximum Gasteiger partial charge on any atom is 0.322 e. The molecule has 1 aliphatic carbocycles. The van der Waals surface area contributed by atoms with Gasteiger partial charge >= 0.3 is 6.03 Å². The molecule has 4 rings (SSSR count). The van der Waals surface area contributed by atoms with E-state index in [1.54, 1.807) is 12.0 Å². The van der Waals surface area contributed by atoms with E-state index in [0.717, 1.165) is 36.0 Å². The van der Waals surface area contributed by atoms with Crippen LogP contribution in [0, 0.1) is 5.92 Å². The molecule has 24 heavy (non-hydrogen) atoms. The van der Waals surface area contributed by atoms with Gasteiger partial charge in [-0.3, -0.25) is 0 Å². The normalized spacial score (nSPS) is 19.3. The quantitative estimate of drug-likeness (QED) is 0.884. The highest BCUT2D eigenvalue weighted by Gasteiger charge is 2.53. The number of rotatable bonds is 5. The first kappa shape index (κ1) is 15.5. The van der Waals surface area contributed by atoms with Gasteiger partial charge in [0.05, 0.1) is 25.2 Å². The average molecular weight is 329 g/mol. The van der Waals surface area contributed by atoms with E-state index in [-0.39, 0.29) is 6.03 Å². The molecule has 1 saturated carbocycles. The zero-order valence-corrected chi connectivity index (χ0v) is 13.9. The number of fused-ring (bicyclic) bond motifs is 1. The van der Waals surface area contributed by atoms with Crippen LogP contribution in [0.1, 0.15) is 12.8 Å². The highest BCUT2D eigenvalue weighted by molar-refractivity contribution is 5.93. The fourth-order valence-corrected chi connectivity index (χ4v) is 3.49. The number of β-amino-alcohol motifs (C(OH)–C–C–N with tert-alkyl or cyclic N) is 1. The molecular weight excluding hydrogens is 306 g/mol. The second-order valence-electron chi connectivity index (χ2n) is 6.94. The van der Waals surface area contributed by atoms with Crippen LogP contribution >= 0.6 is 0 Å². The van der Waals surface area contributed by atoms with Crippen LogP contribution in [0.5, 0.6) is 0 Å². The molecule has 2 aromatic rings. The number of carbonyl (C=O) groups is 1. The Morgan fingerprint density at radius 2 is 2.17 bits per heavy atom. The summed E-state index contributed by atoms with van der Waals surface area (Å²) in [5.41, 5.74) is 1.20. The van der Waals surface area contributed by atoms with Gasteiger partial charge in [-0.2, -0.15) is 0 Å². The van der Waals surface area contributed by atoms with E-state index in [1.807, 2.05) is 24.4 Å². The summed E-state index contributed by atoms with van der Waals surface area (Å²) >= 11 is 0. The van der Waals surface area contributed by atoms with Gasteiger partial charge in [0.2, 0.25) is 0 Å². The number of hydrogen-bond acceptors (Lipinski definition) is 3. The second kappa shape index (κ2) is 5.79. The van der Waals surface area contributed by atoms with Gasteiger partial charge in [-0.05, 0) is 42.3 Å². The Balaban J connectivity index is 1.43. The summed E-state index contributed by atoms with van der Waals surface area (Å²) in [4.78, 5) is 14.0. The third kappa shape index (κ3) is 2.76. The van der Waals surface area contributed by atoms with Gasteiger partial charge in [-0.1, -0.05) is 6.07 Å². The van der Waals surface area contributed by atoms with E-state index in [1.165, 1.54) is 0 Å². The van der Waals surface area contributed by atoms with Crippen LogP contribution in [0.4, 0.5) is 10.5 Å². The molecule has 2 aliphatic rings. The number of nitrogens with zero attached hydrogens (tertiary/aromatic N) is 2. The molecule has 2 heterocycles. The zero-order chi connectivity index (χ0) is 16.7. The second-order valence-corrected chi connectivity index (χ2v) is 6.94. The van der Waals surface area contributed by atoms with Crippen LogP contribution in [0.15, 0.2) is 30.5 Å². The fourth-order valence-electron chi connectivity index (χ4n) is 3.49. The number of aliphatic hydroxyl groups is 1. The summed E-state index contributed by atoms with van der Waals surface area (Å²) in [6.07, 6.45) is 4.20. The number of benzene rings is 1. The van der Waals surface area contributed by atoms with Crippen molar-refractivity contribution in [2.45, 2.75) is 25.0 Å². The van der Waals surface area contributed by atoms with Crippen molar-refractivity contribution in [2.75, 3.05) is 32.1 Å². The van der Waals surface area contributed by atoms with Crippen molar-refractivity contribution in [2.24, 2.45) is 5.92 Å². The number of urea groups is 1. The first-order valence-corrected chi connectivity index (χ1v) is 8.45. The maximum atomic E-state index is 12.3. The number of amides is 2. The van der Waals surface area contributed by atoms with E-state index < -0.39 is 5.60 Å². The minimum Gasteiger partial charge on any atom is -0.386 e. The van der Waals surface area contributed by atoms with Crippen molar-refractivity contribution >= 4 is 22.6 Å². The monoisotopic (exact) mass is 329 g/mol.